The van der Waals surface area contributed by atoms with Gasteiger partial charge in [-0.25, -0.2) is 4.79 Å². The van der Waals surface area contributed by atoms with Crippen molar-refractivity contribution in [3.8, 4) is 11.8 Å². The van der Waals surface area contributed by atoms with Crippen LogP contribution in [-0.2, 0) is 9.53 Å². The van der Waals surface area contributed by atoms with Gasteiger partial charge >= 0.3 is 5.97 Å². The quantitative estimate of drug-likeness (QED) is 0.708. The summed E-state index contributed by atoms with van der Waals surface area (Å²) in [6.45, 7) is 3.21. The number of hydrogen-bond donors (Lipinski definition) is 1. The summed E-state index contributed by atoms with van der Waals surface area (Å²) in [5, 5.41) is 12.9. The summed E-state index contributed by atoms with van der Waals surface area (Å²) in [4.78, 5) is 24.3. The summed E-state index contributed by atoms with van der Waals surface area (Å²) in [5.74, 6) is -0.721. The van der Waals surface area contributed by atoms with Gasteiger partial charge < -0.3 is 14.8 Å². The zero-order valence-corrected chi connectivity index (χ0v) is 16.2. The van der Waals surface area contributed by atoms with Crippen molar-refractivity contribution in [3.63, 3.8) is 0 Å². The SMILES string of the molecule is CCOC(=O)c1sc(NC(=O)COc2ccc(Cl)cc2Cl)c(C#N)c1C. The van der Waals surface area contributed by atoms with Crippen LogP contribution in [0.15, 0.2) is 18.2 Å². The average Bonchev–Trinajstić information content (AvgIpc) is 2.89. The molecule has 0 bridgehead atoms. The number of nitrogens with zero attached hydrogens (tertiary/aromatic N) is 1. The van der Waals surface area contributed by atoms with Crippen LogP contribution in [0.3, 0.4) is 0 Å². The van der Waals surface area contributed by atoms with Crippen molar-refractivity contribution in [2.24, 2.45) is 0 Å². The number of halogens is 2. The Morgan fingerprint density at radius 1 is 1.35 bits per heavy atom. The smallest absolute Gasteiger partial charge is 0.348 e. The molecule has 0 aliphatic rings. The Hall–Kier alpha value is -2.27. The number of nitriles is 1. The summed E-state index contributed by atoms with van der Waals surface area (Å²) in [6, 6.07) is 6.62. The number of ether oxygens (including phenoxy) is 2. The number of rotatable bonds is 6. The van der Waals surface area contributed by atoms with Crippen LogP contribution in [0.25, 0.3) is 0 Å². The molecule has 1 amide bonds. The molecule has 9 heteroatoms. The lowest BCUT2D eigenvalue weighted by atomic mass is 10.2. The number of benzene rings is 1. The highest BCUT2D eigenvalue weighted by Crippen LogP contribution is 2.33. The molecular weight excluding hydrogens is 399 g/mol. The standard InChI is InChI=1S/C17H14Cl2N2O4S/c1-3-24-17(23)15-9(2)11(7-20)16(26-15)21-14(22)8-25-13-5-4-10(18)6-12(13)19/h4-6H,3,8H2,1-2H3,(H,21,22). The van der Waals surface area contributed by atoms with Gasteiger partial charge in [-0.1, -0.05) is 23.2 Å². The van der Waals surface area contributed by atoms with E-state index < -0.39 is 11.9 Å². The molecule has 0 saturated carbocycles. The van der Waals surface area contributed by atoms with Crippen LogP contribution < -0.4 is 10.1 Å². The third kappa shape index (κ3) is 4.67. The molecule has 0 aliphatic heterocycles. The minimum absolute atomic E-state index is 0.218. The summed E-state index contributed by atoms with van der Waals surface area (Å²) >= 11 is 12.8. The van der Waals surface area contributed by atoms with Gasteiger partial charge in [-0.2, -0.15) is 5.26 Å². The van der Waals surface area contributed by atoms with Crippen molar-refractivity contribution < 1.29 is 19.1 Å². The molecule has 1 aromatic heterocycles. The van der Waals surface area contributed by atoms with Gasteiger partial charge in [-0.15, -0.1) is 11.3 Å². The summed E-state index contributed by atoms with van der Waals surface area (Å²) in [7, 11) is 0. The van der Waals surface area contributed by atoms with Gasteiger partial charge in [0, 0.05) is 5.02 Å². The van der Waals surface area contributed by atoms with E-state index in [0.29, 0.717) is 16.3 Å². The van der Waals surface area contributed by atoms with Gasteiger partial charge in [0.15, 0.2) is 6.61 Å². The van der Waals surface area contributed by atoms with E-state index in [1.165, 1.54) is 6.07 Å². The van der Waals surface area contributed by atoms with Gasteiger partial charge in [0.05, 0.1) is 17.2 Å². The first-order chi connectivity index (χ1) is 12.4. The molecule has 136 valence electrons. The predicted molar refractivity (Wildman–Crippen MR) is 100 cm³/mol. The molecule has 1 heterocycles. The van der Waals surface area contributed by atoms with Crippen LogP contribution in [0.2, 0.25) is 10.0 Å². The Kier molecular flexibility index (Phi) is 6.86. The van der Waals surface area contributed by atoms with E-state index in [1.807, 2.05) is 6.07 Å². The van der Waals surface area contributed by atoms with Crippen LogP contribution in [0.4, 0.5) is 5.00 Å². The van der Waals surface area contributed by atoms with Crippen LogP contribution in [0.5, 0.6) is 5.75 Å². The summed E-state index contributed by atoms with van der Waals surface area (Å²) < 4.78 is 10.3. The molecule has 0 radical (unpaired) electrons. The highest BCUT2D eigenvalue weighted by molar-refractivity contribution is 7.18. The third-order valence-electron chi connectivity index (χ3n) is 3.23. The average molecular weight is 413 g/mol. The Morgan fingerprint density at radius 3 is 2.69 bits per heavy atom. The molecule has 1 aromatic carbocycles. The van der Waals surface area contributed by atoms with Crippen LogP contribution >= 0.6 is 34.5 Å². The van der Waals surface area contributed by atoms with Crippen LogP contribution in [0, 0.1) is 18.3 Å². The van der Waals surface area contributed by atoms with E-state index in [9.17, 15) is 14.9 Å². The Morgan fingerprint density at radius 2 is 2.08 bits per heavy atom. The van der Waals surface area contributed by atoms with Crippen LogP contribution in [0.1, 0.15) is 27.7 Å². The summed E-state index contributed by atoms with van der Waals surface area (Å²) in [5.41, 5.74) is 0.684. The first-order valence-electron chi connectivity index (χ1n) is 7.45. The zero-order valence-electron chi connectivity index (χ0n) is 13.9. The van der Waals surface area contributed by atoms with E-state index in [4.69, 9.17) is 32.7 Å². The number of carbonyl (C=O) groups is 2. The van der Waals surface area contributed by atoms with Gasteiger partial charge in [-0.3, -0.25) is 4.79 Å². The van der Waals surface area contributed by atoms with E-state index in [2.05, 4.69) is 5.32 Å². The number of thiophene rings is 1. The normalized spacial score (nSPS) is 10.1. The lowest BCUT2D eigenvalue weighted by molar-refractivity contribution is -0.118. The maximum Gasteiger partial charge on any atom is 0.348 e. The number of carbonyl (C=O) groups excluding carboxylic acids is 2. The fraction of sp³-hybridized carbons (Fsp3) is 0.235. The largest absolute Gasteiger partial charge is 0.482 e. The van der Waals surface area contributed by atoms with E-state index in [0.717, 1.165) is 11.3 Å². The second-order valence-electron chi connectivity index (χ2n) is 5.00. The fourth-order valence-electron chi connectivity index (χ4n) is 2.03. The maximum atomic E-state index is 12.1. The molecule has 0 unspecified atom stereocenters. The van der Waals surface area contributed by atoms with Crippen molar-refractivity contribution in [2.45, 2.75) is 13.8 Å². The second kappa shape index (κ2) is 8.90. The minimum Gasteiger partial charge on any atom is -0.482 e. The Labute approximate surface area is 164 Å². The highest BCUT2D eigenvalue weighted by Gasteiger charge is 2.22. The number of hydrogen-bond acceptors (Lipinski definition) is 6. The monoisotopic (exact) mass is 412 g/mol. The van der Waals surface area contributed by atoms with Crippen molar-refractivity contribution in [3.05, 3.63) is 44.2 Å². The van der Waals surface area contributed by atoms with Crippen LogP contribution in [-0.4, -0.2) is 25.1 Å². The fourth-order valence-corrected chi connectivity index (χ4v) is 3.56. The van der Waals surface area contributed by atoms with E-state index in [-0.39, 0.29) is 33.7 Å². The molecule has 0 atom stereocenters. The number of esters is 1. The van der Waals surface area contributed by atoms with Crippen molar-refractivity contribution >= 4 is 51.4 Å². The molecule has 1 N–H and O–H groups in total. The first-order valence-corrected chi connectivity index (χ1v) is 9.02. The maximum absolute atomic E-state index is 12.1. The van der Waals surface area contributed by atoms with Gasteiger partial charge in [0.25, 0.3) is 5.91 Å². The Balaban J connectivity index is 2.10. The number of anilines is 1. The molecular formula is C17H14Cl2N2O4S. The molecule has 0 fully saturated rings. The lowest BCUT2D eigenvalue weighted by Crippen LogP contribution is -2.20. The molecule has 0 aliphatic carbocycles. The molecule has 0 saturated heterocycles. The molecule has 2 rings (SSSR count). The van der Waals surface area contributed by atoms with Gasteiger partial charge in [-0.05, 0) is 37.6 Å². The molecule has 26 heavy (non-hydrogen) atoms. The topological polar surface area (TPSA) is 88.4 Å². The minimum atomic E-state index is -0.531. The first kappa shape index (κ1) is 20.0. The number of nitrogens with one attached hydrogen (secondary N) is 1. The number of amides is 1. The molecule has 6 nitrogen and oxygen atoms in total. The van der Waals surface area contributed by atoms with Crippen molar-refractivity contribution in [1.82, 2.24) is 0 Å². The van der Waals surface area contributed by atoms with Gasteiger partial charge in [0.2, 0.25) is 0 Å². The predicted octanol–water partition coefficient (Wildman–Crippen LogP) is 4.43. The Bertz CT molecular complexity index is 890. The molecule has 2 aromatic rings. The lowest BCUT2D eigenvalue weighted by Gasteiger charge is -2.08. The molecule has 0 spiro atoms. The third-order valence-corrected chi connectivity index (χ3v) is 4.94. The zero-order chi connectivity index (χ0) is 19.3. The van der Waals surface area contributed by atoms with Crippen molar-refractivity contribution in [2.75, 3.05) is 18.5 Å². The highest BCUT2D eigenvalue weighted by atomic mass is 35.5. The van der Waals surface area contributed by atoms with Gasteiger partial charge in [0.1, 0.15) is 21.7 Å². The van der Waals surface area contributed by atoms with E-state index in [1.54, 1.807) is 26.0 Å². The van der Waals surface area contributed by atoms with Crippen molar-refractivity contribution in [1.29, 1.82) is 5.26 Å². The summed E-state index contributed by atoms with van der Waals surface area (Å²) in [6.07, 6.45) is 0. The van der Waals surface area contributed by atoms with E-state index >= 15 is 0 Å². The second-order valence-corrected chi connectivity index (χ2v) is 6.87.